The topological polar surface area (TPSA) is 55.1 Å². The van der Waals surface area contributed by atoms with E-state index >= 15 is 0 Å². The Bertz CT molecular complexity index is 469. The Labute approximate surface area is 135 Å². The number of nitrogens with one attached hydrogen (secondary N) is 1. The van der Waals surface area contributed by atoms with Crippen LogP contribution >= 0.6 is 28.3 Å². The molecule has 0 spiro atoms. The summed E-state index contributed by atoms with van der Waals surface area (Å²) in [5, 5.41) is 3.01. The molecular weight excluding hydrogens is 340 g/mol. The van der Waals surface area contributed by atoms with Crippen LogP contribution in [-0.4, -0.2) is 12.5 Å². The lowest BCUT2D eigenvalue weighted by Gasteiger charge is -2.25. The normalized spacial score (nSPS) is 18.6. The third-order valence-corrected chi connectivity index (χ3v) is 4.78. The summed E-state index contributed by atoms with van der Waals surface area (Å²) in [4.78, 5) is 12.3. The number of carbonyl (C=O) groups is 1. The Morgan fingerprint density at radius 3 is 2.40 bits per heavy atom. The largest absolute Gasteiger partial charge is 0.354 e. The SMILES string of the molecule is CCC1(CNC(=O)C(C)(N)c2ccc(Br)cc2)CC1.Cl. The van der Waals surface area contributed by atoms with E-state index in [1.807, 2.05) is 24.3 Å². The van der Waals surface area contributed by atoms with E-state index in [9.17, 15) is 4.79 Å². The second kappa shape index (κ2) is 6.46. The molecule has 1 aromatic carbocycles. The van der Waals surface area contributed by atoms with Crippen LogP contribution in [0.1, 0.15) is 38.7 Å². The number of nitrogens with two attached hydrogens (primary N) is 1. The summed E-state index contributed by atoms with van der Waals surface area (Å²) in [5.74, 6) is -0.102. The van der Waals surface area contributed by atoms with Gasteiger partial charge < -0.3 is 11.1 Å². The first-order valence-electron chi connectivity index (χ1n) is 6.73. The van der Waals surface area contributed by atoms with Gasteiger partial charge in [-0.15, -0.1) is 12.4 Å². The van der Waals surface area contributed by atoms with Crippen LogP contribution in [-0.2, 0) is 10.3 Å². The highest BCUT2D eigenvalue weighted by molar-refractivity contribution is 9.10. The standard InChI is InChI=1S/C15H21BrN2O.ClH/c1-3-15(8-9-15)10-18-13(19)14(2,17)11-4-6-12(16)7-5-11;/h4-7H,3,8-10,17H2,1-2H3,(H,18,19);1H. The lowest BCUT2D eigenvalue weighted by Crippen LogP contribution is -2.50. The van der Waals surface area contributed by atoms with Gasteiger partial charge in [0, 0.05) is 11.0 Å². The molecule has 2 rings (SSSR count). The van der Waals surface area contributed by atoms with Gasteiger partial charge in [-0.3, -0.25) is 4.79 Å². The fourth-order valence-electron chi connectivity index (χ4n) is 2.21. The molecule has 20 heavy (non-hydrogen) atoms. The smallest absolute Gasteiger partial charge is 0.244 e. The van der Waals surface area contributed by atoms with Crippen LogP contribution in [0, 0.1) is 5.41 Å². The minimum atomic E-state index is -0.982. The third-order valence-electron chi connectivity index (χ3n) is 4.25. The van der Waals surface area contributed by atoms with E-state index in [-0.39, 0.29) is 18.3 Å². The number of halogens is 2. The Kier molecular flexibility index (Phi) is 5.64. The van der Waals surface area contributed by atoms with E-state index < -0.39 is 5.54 Å². The van der Waals surface area contributed by atoms with E-state index in [0.29, 0.717) is 5.41 Å². The van der Waals surface area contributed by atoms with Crippen LogP contribution in [0.5, 0.6) is 0 Å². The first-order chi connectivity index (χ1) is 8.89. The number of carbonyl (C=O) groups excluding carboxylic acids is 1. The lowest BCUT2D eigenvalue weighted by molar-refractivity contribution is -0.126. The van der Waals surface area contributed by atoms with Crippen molar-refractivity contribution >= 4 is 34.2 Å². The van der Waals surface area contributed by atoms with Gasteiger partial charge in [0.25, 0.3) is 0 Å². The third kappa shape index (κ3) is 3.74. The number of hydrogen-bond acceptors (Lipinski definition) is 2. The first kappa shape index (κ1) is 17.5. The molecule has 0 aliphatic heterocycles. The highest BCUT2D eigenvalue weighted by Crippen LogP contribution is 2.47. The monoisotopic (exact) mass is 360 g/mol. The van der Waals surface area contributed by atoms with Crippen molar-refractivity contribution in [1.29, 1.82) is 0 Å². The van der Waals surface area contributed by atoms with E-state index in [1.54, 1.807) is 6.92 Å². The predicted molar refractivity (Wildman–Crippen MR) is 87.9 cm³/mol. The van der Waals surface area contributed by atoms with Crippen molar-refractivity contribution < 1.29 is 4.79 Å². The molecule has 0 bridgehead atoms. The molecule has 1 aliphatic carbocycles. The van der Waals surface area contributed by atoms with E-state index in [1.165, 1.54) is 12.8 Å². The highest BCUT2D eigenvalue weighted by atomic mass is 79.9. The van der Waals surface area contributed by atoms with Gasteiger partial charge in [-0.1, -0.05) is 35.0 Å². The van der Waals surface area contributed by atoms with Gasteiger partial charge in [0.05, 0.1) is 0 Å². The number of amides is 1. The number of rotatable bonds is 5. The first-order valence-corrected chi connectivity index (χ1v) is 7.52. The van der Waals surface area contributed by atoms with Crippen molar-refractivity contribution in [2.24, 2.45) is 11.1 Å². The summed E-state index contributed by atoms with van der Waals surface area (Å²) < 4.78 is 0.982. The van der Waals surface area contributed by atoms with Crippen LogP contribution in [0.3, 0.4) is 0 Å². The van der Waals surface area contributed by atoms with Crippen LogP contribution in [0.2, 0.25) is 0 Å². The number of hydrogen-bond donors (Lipinski definition) is 2. The summed E-state index contributed by atoms with van der Waals surface area (Å²) in [5.41, 5.74) is 6.38. The zero-order valence-electron chi connectivity index (χ0n) is 11.9. The molecule has 5 heteroatoms. The Morgan fingerprint density at radius 1 is 1.40 bits per heavy atom. The van der Waals surface area contributed by atoms with Gasteiger partial charge in [-0.25, -0.2) is 0 Å². The van der Waals surface area contributed by atoms with Gasteiger partial charge in [-0.05, 0) is 49.3 Å². The van der Waals surface area contributed by atoms with Gasteiger partial charge >= 0.3 is 0 Å². The van der Waals surface area contributed by atoms with Gasteiger partial charge in [0.15, 0.2) is 0 Å². The van der Waals surface area contributed by atoms with E-state index in [4.69, 9.17) is 5.73 Å². The Morgan fingerprint density at radius 2 is 1.95 bits per heavy atom. The summed E-state index contributed by atoms with van der Waals surface area (Å²) in [6, 6.07) is 7.58. The van der Waals surface area contributed by atoms with Crippen LogP contribution in [0.4, 0.5) is 0 Å². The predicted octanol–water partition coefficient (Wildman–Crippen LogP) is 3.35. The molecule has 1 aromatic rings. The van der Waals surface area contributed by atoms with Crippen molar-refractivity contribution in [1.82, 2.24) is 5.32 Å². The quantitative estimate of drug-likeness (QED) is 0.845. The zero-order valence-corrected chi connectivity index (χ0v) is 14.3. The van der Waals surface area contributed by atoms with Crippen LogP contribution in [0.25, 0.3) is 0 Å². The van der Waals surface area contributed by atoms with Crippen molar-refractivity contribution in [3.8, 4) is 0 Å². The van der Waals surface area contributed by atoms with E-state index in [2.05, 4.69) is 28.2 Å². The molecule has 1 saturated carbocycles. The Hall–Kier alpha value is -0.580. The fourth-order valence-corrected chi connectivity index (χ4v) is 2.48. The van der Waals surface area contributed by atoms with Gasteiger partial charge in [0.2, 0.25) is 5.91 Å². The summed E-state index contributed by atoms with van der Waals surface area (Å²) in [7, 11) is 0. The summed E-state index contributed by atoms with van der Waals surface area (Å²) >= 11 is 3.38. The average Bonchev–Trinajstić information content (AvgIpc) is 3.17. The average molecular weight is 362 g/mol. The van der Waals surface area contributed by atoms with Crippen LogP contribution in [0.15, 0.2) is 28.7 Å². The molecule has 0 saturated heterocycles. The molecule has 1 unspecified atom stereocenters. The maximum Gasteiger partial charge on any atom is 0.244 e. The molecule has 3 N–H and O–H groups in total. The summed E-state index contributed by atoms with van der Waals surface area (Å²) in [6.45, 7) is 4.68. The zero-order chi connectivity index (χ0) is 14.1. The van der Waals surface area contributed by atoms with Crippen molar-refractivity contribution in [3.63, 3.8) is 0 Å². The minimum absolute atomic E-state index is 0. The molecule has 0 heterocycles. The Balaban J connectivity index is 0.00000200. The molecule has 112 valence electrons. The molecular formula is C15H22BrClN2O. The maximum atomic E-state index is 12.3. The van der Waals surface area contributed by atoms with Gasteiger partial charge in [0.1, 0.15) is 5.54 Å². The van der Waals surface area contributed by atoms with Gasteiger partial charge in [-0.2, -0.15) is 0 Å². The second-order valence-electron chi connectivity index (χ2n) is 5.75. The molecule has 1 atom stereocenters. The second-order valence-corrected chi connectivity index (χ2v) is 6.66. The fraction of sp³-hybridized carbons (Fsp3) is 0.533. The molecule has 1 amide bonds. The van der Waals surface area contributed by atoms with Crippen LogP contribution < -0.4 is 11.1 Å². The molecule has 1 aliphatic rings. The van der Waals surface area contributed by atoms with Crippen molar-refractivity contribution in [2.45, 2.75) is 38.6 Å². The maximum absolute atomic E-state index is 12.3. The van der Waals surface area contributed by atoms with E-state index in [0.717, 1.165) is 23.0 Å². The van der Waals surface area contributed by atoms with Crippen molar-refractivity contribution in [2.75, 3.05) is 6.54 Å². The lowest BCUT2D eigenvalue weighted by atomic mass is 9.92. The molecule has 1 fully saturated rings. The molecule has 3 nitrogen and oxygen atoms in total. The minimum Gasteiger partial charge on any atom is -0.354 e. The highest BCUT2D eigenvalue weighted by Gasteiger charge is 2.42. The number of benzene rings is 1. The summed E-state index contributed by atoms with van der Waals surface area (Å²) in [6.07, 6.45) is 3.54. The van der Waals surface area contributed by atoms with Crippen molar-refractivity contribution in [3.05, 3.63) is 34.3 Å². The molecule has 0 radical (unpaired) electrons. The molecule has 0 aromatic heterocycles.